The Balaban J connectivity index is 1.71. The Morgan fingerprint density at radius 1 is 0.688 bits per heavy atom. The van der Waals surface area contributed by atoms with Crippen LogP contribution in [0.4, 0.5) is 0 Å². The smallest absolute Gasteiger partial charge is 0.326 e. The van der Waals surface area contributed by atoms with Crippen molar-refractivity contribution in [3.63, 3.8) is 0 Å². The largest absolute Gasteiger partial charge is 0.481 e. The number of rotatable bonds is 26. The molecule has 1 aromatic heterocycles. The summed E-state index contributed by atoms with van der Waals surface area (Å²) < 4.78 is 0. The van der Waals surface area contributed by atoms with Gasteiger partial charge in [0, 0.05) is 36.5 Å². The van der Waals surface area contributed by atoms with Gasteiger partial charge in [-0.15, -0.1) is 0 Å². The fourth-order valence-corrected chi connectivity index (χ4v) is 6.33. The Morgan fingerprint density at radius 2 is 1.27 bits per heavy atom. The number of aliphatic imine (C=N–C) groups is 1. The number of carbonyl (C=O) groups is 8. The molecule has 6 amide bonds. The summed E-state index contributed by atoms with van der Waals surface area (Å²) in [5.41, 5.74) is 19.1. The number of carboxylic acid groups (broad SMARTS) is 2. The second-order valence-corrected chi connectivity index (χ2v) is 15.0. The van der Waals surface area contributed by atoms with Crippen molar-refractivity contribution in [1.29, 1.82) is 0 Å². The number of amides is 6. The van der Waals surface area contributed by atoms with Crippen LogP contribution >= 0.6 is 0 Å². The summed E-state index contributed by atoms with van der Waals surface area (Å²) in [4.78, 5) is 111. The van der Waals surface area contributed by atoms with Gasteiger partial charge in [-0.3, -0.25) is 38.6 Å². The van der Waals surface area contributed by atoms with Crippen molar-refractivity contribution < 1.29 is 58.8 Å². The molecule has 0 fully saturated rings. The Hall–Kier alpha value is -7.11. The number of aliphatic hydroxyl groups excluding tert-OH is 2. The lowest BCUT2D eigenvalue weighted by molar-refractivity contribution is -0.143. The topological polar surface area (TPSA) is 396 Å². The molecule has 8 atom stereocenters. The first-order valence-corrected chi connectivity index (χ1v) is 20.3. The summed E-state index contributed by atoms with van der Waals surface area (Å²) >= 11 is 0. The number of hydrogen-bond donors (Lipinski definition) is 14. The van der Waals surface area contributed by atoms with Crippen LogP contribution in [0.3, 0.4) is 0 Å². The van der Waals surface area contributed by atoms with Crippen molar-refractivity contribution in [1.82, 2.24) is 36.9 Å². The van der Waals surface area contributed by atoms with Crippen molar-refractivity contribution in [3.05, 3.63) is 71.9 Å². The molecule has 2 aromatic carbocycles. The third kappa shape index (κ3) is 16.3. The molecule has 348 valence electrons. The van der Waals surface area contributed by atoms with E-state index < -0.39 is 115 Å². The van der Waals surface area contributed by atoms with Gasteiger partial charge in [-0.25, -0.2) is 4.79 Å². The molecule has 0 aliphatic heterocycles. The summed E-state index contributed by atoms with van der Waals surface area (Å²) in [6.07, 6.45) is -1.20. The molecule has 17 N–H and O–H groups in total. The zero-order valence-electron chi connectivity index (χ0n) is 35.3. The van der Waals surface area contributed by atoms with Crippen molar-refractivity contribution >= 4 is 64.2 Å². The van der Waals surface area contributed by atoms with Crippen molar-refractivity contribution in [3.8, 4) is 0 Å². The number of aromatic amines is 1. The van der Waals surface area contributed by atoms with E-state index in [1.807, 2.05) is 24.3 Å². The Morgan fingerprint density at radius 3 is 1.88 bits per heavy atom. The molecule has 0 bridgehead atoms. The van der Waals surface area contributed by atoms with E-state index in [9.17, 15) is 58.8 Å². The first-order valence-electron chi connectivity index (χ1n) is 20.3. The Bertz CT molecular complexity index is 2130. The predicted molar refractivity (Wildman–Crippen MR) is 231 cm³/mol. The van der Waals surface area contributed by atoms with Gasteiger partial charge in [0.2, 0.25) is 35.4 Å². The number of H-pyrrole nitrogens is 1. The maximum absolute atomic E-state index is 13.8. The number of nitrogens with two attached hydrogens (primary N) is 3. The second-order valence-electron chi connectivity index (χ2n) is 15.0. The number of hydrogen-bond acceptors (Lipinski definition) is 12. The molecule has 0 saturated heterocycles. The van der Waals surface area contributed by atoms with E-state index in [1.165, 1.54) is 6.92 Å². The minimum atomic E-state index is -1.81. The van der Waals surface area contributed by atoms with Crippen molar-refractivity contribution in [2.75, 3.05) is 13.2 Å². The van der Waals surface area contributed by atoms with Gasteiger partial charge in [0.15, 0.2) is 5.96 Å². The van der Waals surface area contributed by atoms with Crippen LogP contribution in [-0.4, -0.2) is 140 Å². The lowest BCUT2D eigenvalue weighted by Crippen LogP contribution is -2.62. The van der Waals surface area contributed by atoms with E-state index in [4.69, 9.17) is 17.2 Å². The van der Waals surface area contributed by atoms with E-state index in [-0.39, 0.29) is 38.2 Å². The fourth-order valence-electron chi connectivity index (χ4n) is 6.33. The minimum absolute atomic E-state index is 0.0337. The maximum Gasteiger partial charge on any atom is 0.326 e. The van der Waals surface area contributed by atoms with Crippen LogP contribution < -0.4 is 49.1 Å². The number of aliphatic hydroxyl groups is 2. The standard InChI is InChI=1S/C41H57N11O12/c1-21(47-35(58)26(42)18-24-19-46-27-12-7-6-11-25(24)27)34(57)51-31(20-53)38(61)52-33(22(2)54)39(62)49-28(13-8-16-45-41(43)44)36(59)48-29(14-15-32(55)56)37(60)50-30(40(63)64)17-23-9-4-3-5-10-23/h3-7,9-12,19,21-22,26,28-31,33,46,53-54H,8,13-18,20,42H2,1-2H3,(H,47,58)(H,48,59)(H,49,62)(H,50,60)(H,51,57)(H,52,61)(H,55,56)(H,63,64)(H4,43,44,45)/t21-,22+,26-,28-,29-,30-,31-,33-/m0/s1. The number of para-hydroxylation sites is 1. The molecular weight excluding hydrogens is 839 g/mol. The quantitative estimate of drug-likeness (QED) is 0.0212. The first-order chi connectivity index (χ1) is 30.3. The number of carboxylic acids is 2. The van der Waals surface area contributed by atoms with Crippen molar-refractivity contribution in [2.45, 2.75) is 101 Å². The average Bonchev–Trinajstić information content (AvgIpc) is 3.65. The molecule has 0 unspecified atom stereocenters. The van der Waals surface area contributed by atoms with Crippen LogP contribution in [0.15, 0.2) is 65.8 Å². The molecule has 3 rings (SSSR count). The Kier molecular flexibility index (Phi) is 20.1. The minimum Gasteiger partial charge on any atom is -0.481 e. The molecule has 64 heavy (non-hydrogen) atoms. The maximum atomic E-state index is 13.8. The number of nitrogens with one attached hydrogen (secondary N) is 7. The highest BCUT2D eigenvalue weighted by Gasteiger charge is 2.35. The molecule has 1 heterocycles. The third-order valence-electron chi connectivity index (χ3n) is 9.84. The van der Waals surface area contributed by atoms with Crippen molar-refractivity contribution in [2.24, 2.45) is 22.2 Å². The van der Waals surface area contributed by atoms with Crippen LogP contribution in [-0.2, 0) is 51.2 Å². The normalized spacial score (nSPS) is 14.8. The molecular formula is C41H57N11O12. The molecule has 23 heteroatoms. The zero-order valence-corrected chi connectivity index (χ0v) is 35.3. The fraction of sp³-hybridized carbons (Fsp3) is 0.439. The van der Waals surface area contributed by atoms with Crippen LogP contribution in [0.1, 0.15) is 50.7 Å². The number of carbonyl (C=O) groups excluding carboxylic acids is 6. The zero-order chi connectivity index (χ0) is 47.5. The van der Waals surface area contributed by atoms with Gasteiger partial charge >= 0.3 is 11.9 Å². The van der Waals surface area contributed by atoms with Gasteiger partial charge in [-0.05, 0) is 56.7 Å². The highest BCUT2D eigenvalue weighted by molar-refractivity contribution is 5.97. The monoisotopic (exact) mass is 895 g/mol. The van der Waals surface area contributed by atoms with Gasteiger partial charge in [0.25, 0.3) is 0 Å². The predicted octanol–water partition coefficient (Wildman–Crippen LogP) is -3.41. The molecule has 3 aromatic rings. The highest BCUT2D eigenvalue weighted by atomic mass is 16.4. The number of nitrogens with zero attached hydrogens (tertiary/aromatic N) is 1. The average molecular weight is 896 g/mol. The second kappa shape index (κ2) is 25.1. The molecule has 0 saturated carbocycles. The van der Waals surface area contributed by atoms with Gasteiger partial charge < -0.3 is 74.5 Å². The third-order valence-corrected chi connectivity index (χ3v) is 9.84. The van der Waals surface area contributed by atoms with E-state index >= 15 is 0 Å². The van der Waals surface area contributed by atoms with Gasteiger partial charge in [-0.2, -0.15) is 0 Å². The summed E-state index contributed by atoms with van der Waals surface area (Å²) in [6.45, 7) is 1.42. The van der Waals surface area contributed by atoms with Gasteiger partial charge in [-0.1, -0.05) is 48.5 Å². The summed E-state index contributed by atoms with van der Waals surface area (Å²) in [7, 11) is 0. The van der Waals surface area contributed by atoms with Crippen LogP contribution in [0.5, 0.6) is 0 Å². The van der Waals surface area contributed by atoms with E-state index in [2.05, 4.69) is 41.9 Å². The lowest BCUT2D eigenvalue weighted by atomic mass is 10.0. The number of benzene rings is 2. The van der Waals surface area contributed by atoms with E-state index in [0.717, 1.165) is 23.4 Å². The van der Waals surface area contributed by atoms with E-state index in [0.29, 0.717) is 5.56 Å². The Labute approximate surface area is 367 Å². The lowest BCUT2D eigenvalue weighted by Gasteiger charge is -2.28. The van der Waals surface area contributed by atoms with Crippen LogP contribution in [0, 0.1) is 0 Å². The summed E-state index contributed by atoms with van der Waals surface area (Å²) in [5.74, 6) is -8.95. The van der Waals surface area contributed by atoms with Crippen LogP contribution in [0.2, 0.25) is 0 Å². The number of guanidine groups is 1. The molecule has 0 aliphatic rings. The molecule has 23 nitrogen and oxygen atoms in total. The molecule has 0 aliphatic carbocycles. The van der Waals surface area contributed by atoms with Gasteiger partial charge in [0.05, 0.1) is 18.8 Å². The molecule has 0 radical (unpaired) electrons. The SMILES string of the molecule is C[C@H](NC(=O)[C@@H](N)Cc1c[nH]c2ccccc12)C(=O)N[C@@H](CO)C(=O)N[C@H](C(=O)N[C@@H](CCCN=C(N)N)C(=O)N[C@@H](CCC(=O)O)C(=O)N[C@@H](Cc1ccccc1)C(=O)O)[C@@H](C)O. The number of aliphatic carboxylic acids is 2. The highest BCUT2D eigenvalue weighted by Crippen LogP contribution is 2.19. The van der Waals surface area contributed by atoms with E-state index in [1.54, 1.807) is 36.5 Å². The number of aromatic nitrogens is 1. The first kappa shape index (κ1) is 51.2. The summed E-state index contributed by atoms with van der Waals surface area (Å²) in [5, 5.41) is 54.6. The van der Waals surface area contributed by atoms with Crippen LogP contribution in [0.25, 0.3) is 10.9 Å². The van der Waals surface area contributed by atoms with Gasteiger partial charge in [0.1, 0.15) is 36.3 Å². The number of fused-ring (bicyclic) bond motifs is 1. The summed E-state index contributed by atoms with van der Waals surface area (Å²) in [6, 6.07) is 5.27. The molecule has 0 spiro atoms.